The van der Waals surface area contributed by atoms with Gasteiger partial charge in [0, 0.05) is 11.1 Å². The van der Waals surface area contributed by atoms with Gasteiger partial charge in [-0.15, -0.1) is 5.10 Å². The average Bonchev–Trinajstić information content (AvgIpc) is 2.86. The first-order valence-corrected chi connectivity index (χ1v) is 7.54. The molecule has 1 aromatic rings. The number of benzene rings is 1. The molecular formula is C14H13F2N3O4S. The first kappa shape index (κ1) is 17.9. The summed E-state index contributed by atoms with van der Waals surface area (Å²) >= 11 is 0.902. The summed E-state index contributed by atoms with van der Waals surface area (Å²) in [5.74, 6) is -3.59. The lowest BCUT2D eigenvalue weighted by molar-refractivity contribution is -0.138. The number of hydrogen-bond donors (Lipinski definition) is 2. The van der Waals surface area contributed by atoms with Gasteiger partial charge in [0.25, 0.3) is 0 Å². The summed E-state index contributed by atoms with van der Waals surface area (Å²) in [7, 11) is 1.33. The topological polar surface area (TPSA) is 100 Å². The molecule has 7 nitrogen and oxygen atoms in total. The lowest BCUT2D eigenvalue weighted by Crippen LogP contribution is -2.26. The number of methoxy groups -OCH3 is 1. The number of carboxylic acid groups (broad SMARTS) is 1. The highest BCUT2D eigenvalue weighted by atomic mass is 32.2. The van der Waals surface area contributed by atoms with Gasteiger partial charge in [0.05, 0.1) is 19.7 Å². The molecule has 1 aliphatic heterocycles. The van der Waals surface area contributed by atoms with E-state index in [9.17, 15) is 18.4 Å². The number of hydrogen-bond acceptors (Lipinski definition) is 6. The second kappa shape index (κ2) is 7.39. The van der Waals surface area contributed by atoms with Crippen molar-refractivity contribution >= 4 is 35.0 Å². The minimum atomic E-state index is -1.11. The Hall–Kier alpha value is -2.49. The molecule has 0 bridgehead atoms. The molecule has 1 atom stereocenters. The summed E-state index contributed by atoms with van der Waals surface area (Å²) in [5.41, 5.74) is -0.135. The van der Waals surface area contributed by atoms with Crippen molar-refractivity contribution in [1.82, 2.24) is 5.32 Å². The number of amidine groups is 1. The minimum Gasteiger partial charge on any atom is -0.496 e. The number of carbonyl (C=O) groups is 2. The van der Waals surface area contributed by atoms with Gasteiger partial charge in [0.1, 0.15) is 11.0 Å². The molecule has 24 heavy (non-hydrogen) atoms. The average molecular weight is 357 g/mol. The molecule has 2 N–H and O–H groups in total. The molecule has 0 radical (unpaired) electrons. The van der Waals surface area contributed by atoms with Crippen LogP contribution in [0.4, 0.5) is 8.78 Å². The predicted molar refractivity (Wildman–Crippen MR) is 84.5 cm³/mol. The van der Waals surface area contributed by atoms with Gasteiger partial charge >= 0.3 is 5.97 Å². The number of carboxylic acids is 1. The monoisotopic (exact) mass is 357 g/mol. The lowest BCUT2D eigenvalue weighted by Gasteiger charge is -2.07. The minimum absolute atomic E-state index is 0.0357. The summed E-state index contributed by atoms with van der Waals surface area (Å²) in [6.07, 6.45) is 0.624. The van der Waals surface area contributed by atoms with Crippen LogP contribution in [0, 0.1) is 18.6 Å². The van der Waals surface area contributed by atoms with Crippen molar-refractivity contribution in [3.05, 3.63) is 28.8 Å². The van der Waals surface area contributed by atoms with Crippen LogP contribution >= 0.6 is 11.8 Å². The van der Waals surface area contributed by atoms with Gasteiger partial charge in [0.2, 0.25) is 5.91 Å². The van der Waals surface area contributed by atoms with Gasteiger partial charge in [-0.2, -0.15) is 5.10 Å². The van der Waals surface area contributed by atoms with E-state index < -0.39 is 28.8 Å². The van der Waals surface area contributed by atoms with Crippen molar-refractivity contribution in [2.75, 3.05) is 7.11 Å². The predicted octanol–water partition coefficient (Wildman–Crippen LogP) is 1.68. The number of thioether (sulfide) groups is 1. The smallest absolute Gasteiger partial charge is 0.305 e. The maximum atomic E-state index is 13.8. The van der Waals surface area contributed by atoms with E-state index in [0.29, 0.717) is 0 Å². The highest BCUT2D eigenvalue weighted by Gasteiger charge is 2.32. The Morgan fingerprint density at radius 2 is 2.21 bits per heavy atom. The van der Waals surface area contributed by atoms with Crippen molar-refractivity contribution in [2.24, 2.45) is 10.2 Å². The van der Waals surface area contributed by atoms with Gasteiger partial charge < -0.3 is 15.2 Å². The van der Waals surface area contributed by atoms with E-state index in [1.54, 1.807) is 0 Å². The molecule has 1 unspecified atom stereocenters. The molecule has 0 aliphatic carbocycles. The molecule has 1 heterocycles. The molecule has 10 heteroatoms. The third-order valence-corrected chi connectivity index (χ3v) is 4.21. The number of halogens is 2. The molecule has 1 aromatic carbocycles. The fourth-order valence-electron chi connectivity index (χ4n) is 1.91. The molecule has 1 amide bonds. The van der Waals surface area contributed by atoms with Gasteiger partial charge in [-0.05, 0) is 13.0 Å². The third-order valence-electron chi connectivity index (χ3n) is 3.13. The number of carbonyl (C=O) groups excluding carboxylic acids is 1. The Balaban J connectivity index is 2.16. The van der Waals surface area contributed by atoms with Crippen LogP contribution in [-0.4, -0.2) is 40.7 Å². The van der Waals surface area contributed by atoms with E-state index in [4.69, 9.17) is 9.84 Å². The SMILES string of the molecule is COc1cc(C=NN=C2NC(=O)C(CC(=O)O)S2)c(F)c(F)c1C. The van der Waals surface area contributed by atoms with E-state index in [1.807, 2.05) is 0 Å². The van der Waals surface area contributed by atoms with Crippen LogP contribution in [0.5, 0.6) is 5.75 Å². The first-order chi connectivity index (χ1) is 11.3. The number of aliphatic carboxylic acids is 1. The molecule has 128 valence electrons. The van der Waals surface area contributed by atoms with Crippen molar-refractivity contribution in [3.63, 3.8) is 0 Å². The zero-order valence-corrected chi connectivity index (χ0v) is 13.5. The van der Waals surface area contributed by atoms with Crippen LogP contribution in [0.3, 0.4) is 0 Å². The summed E-state index contributed by atoms with van der Waals surface area (Å²) in [6, 6.07) is 1.27. The van der Waals surface area contributed by atoms with E-state index >= 15 is 0 Å². The highest BCUT2D eigenvalue weighted by Crippen LogP contribution is 2.25. The molecule has 0 saturated carbocycles. The van der Waals surface area contributed by atoms with E-state index in [0.717, 1.165) is 18.0 Å². The van der Waals surface area contributed by atoms with Crippen molar-refractivity contribution in [3.8, 4) is 5.75 Å². The number of nitrogens with zero attached hydrogens (tertiary/aromatic N) is 2. The second-order valence-corrected chi connectivity index (χ2v) is 5.96. The highest BCUT2D eigenvalue weighted by molar-refractivity contribution is 8.15. The Kier molecular flexibility index (Phi) is 5.50. The number of rotatable bonds is 5. The molecule has 1 aliphatic rings. The standard InChI is InChI=1S/C14H13F2N3O4S/c1-6-8(23-2)3-7(12(16)11(6)15)5-17-19-14-18-13(22)9(24-14)4-10(20)21/h3,5,9H,4H2,1-2H3,(H,20,21)(H,18,19,22). The van der Waals surface area contributed by atoms with Gasteiger partial charge in [-0.3, -0.25) is 9.59 Å². The van der Waals surface area contributed by atoms with Crippen molar-refractivity contribution in [2.45, 2.75) is 18.6 Å². The Morgan fingerprint density at radius 3 is 2.83 bits per heavy atom. The third kappa shape index (κ3) is 3.88. The number of ether oxygens (including phenoxy) is 1. The molecule has 0 aromatic heterocycles. The van der Waals surface area contributed by atoms with Crippen molar-refractivity contribution < 1.29 is 28.2 Å². The maximum absolute atomic E-state index is 13.8. The van der Waals surface area contributed by atoms with Crippen LogP contribution in [0.1, 0.15) is 17.5 Å². The fourth-order valence-corrected chi connectivity index (χ4v) is 2.82. The van der Waals surface area contributed by atoms with Crippen molar-refractivity contribution in [1.29, 1.82) is 0 Å². The second-order valence-electron chi connectivity index (χ2n) is 4.76. The quantitative estimate of drug-likeness (QED) is 0.617. The van der Waals surface area contributed by atoms with Gasteiger partial charge in [0.15, 0.2) is 16.8 Å². The zero-order chi connectivity index (χ0) is 17.9. The zero-order valence-electron chi connectivity index (χ0n) is 12.7. The molecular weight excluding hydrogens is 344 g/mol. The summed E-state index contributed by atoms with van der Waals surface area (Å²) in [4.78, 5) is 22.1. The molecule has 1 saturated heterocycles. The fraction of sp³-hybridized carbons (Fsp3) is 0.286. The Bertz CT molecular complexity index is 752. The molecule has 0 spiro atoms. The summed E-state index contributed by atoms with van der Waals surface area (Å²) in [5, 5.41) is 17.6. The van der Waals surface area contributed by atoms with Crippen LogP contribution in [-0.2, 0) is 9.59 Å². The maximum Gasteiger partial charge on any atom is 0.305 e. The van der Waals surface area contributed by atoms with E-state index in [-0.39, 0.29) is 28.5 Å². The first-order valence-electron chi connectivity index (χ1n) is 6.66. The van der Waals surface area contributed by atoms with E-state index in [1.165, 1.54) is 20.1 Å². The normalized spacial score (nSPS) is 19.1. The van der Waals surface area contributed by atoms with E-state index in [2.05, 4.69) is 15.5 Å². The number of amides is 1. The van der Waals surface area contributed by atoms with Crippen LogP contribution in [0.2, 0.25) is 0 Å². The van der Waals surface area contributed by atoms with Crippen LogP contribution in [0.25, 0.3) is 0 Å². The van der Waals surface area contributed by atoms with Crippen LogP contribution in [0.15, 0.2) is 16.3 Å². The largest absolute Gasteiger partial charge is 0.496 e. The Labute approximate surface area is 139 Å². The lowest BCUT2D eigenvalue weighted by atomic mass is 10.1. The molecule has 1 fully saturated rings. The van der Waals surface area contributed by atoms with Crippen LogP contribution < -0.4 is 10.1 Å². The van der Waals surface area contributed by atoms with Gasteiger partial charge in [-0.1, -0.05) is 11.8 Å². The summed E-state index contributed by atoms with van der Waals surface area (Å²) < 4.78 is 32.5. The summed E-state index contributed by atoms with van der Waals surface area (Å²) in [6.45, 7) is 1.38. The van der Waals surface area contributed by atoms with Gasteiger partial charge in [-0.25, -0.2) is 8.78 Å². The molecule has 2 rings (SSSR count). The Morgan fingerprint density at radius 1 is 1.50 bits per heavy atom. The number of nitrogens with one attached hydrogen (secondary N) is 1.